The van der Waals surface area contributed by atoms with Crippen LogP contribution in [-0.4, -0.2) is 30.0 Å². The average molecular weight is 333 g/mol. The molecule has 0 saturated heterocycles. The molecule has 0 unspecified atom stereocenters. The van der Waals surface area contributed by atoms with Gasteiger partial charge in [-0.2, -0.15) is 0 Å². The fourth-order valence-electron chi connectivity index (χ4n) is 2.43. The Hall–Kier alpha value is -3.41. The third-order valence-electron chi connectivity index (χ3n) is 3.74. The Balaban J connectivity index is 1.88. The Kier molecular flexibility index (Phi) is 4.61. The molecule has 3 aromatic rings. The summed E-state index contributed by atoms with van der Waals surface area (Å²) in [7, 11) is 4.00. The van der Waals surface area contributed by atoms with Gasteiger partial charge in [0, 0.05) is 42.7 Å². The number of hydrogen-bond acceptors (Lipinski definition) is 5. The summed E-state index contributed by atoms with van der Waals surface area (Å²) < 4.78 is 0. The van der Waals surface area contributed by atoms with Crippen LogP contribution in [0.15, 0.2) is 60.9 Å². The van der Waals surface area contributed by atoms with Crippen molar-refractivity contribution >= 4 is 23.1 Å². The number of nitrogens with zero attached hydrogens (tertiary/aromatic N) is 3. The number of benzene rings is 2. The third kappa shape index (κ3) is 3.92. The van der Waals surface area contributed by atoms with Gasteiger partial charge in [0.1, 0.15) is 12.1 Å². The molecule has 0 fully saturated rings. The molecule has 6 heteroatoms. The summed E-state index contributed by atoms with van der Waals surface area (Å²) in [5.41, 5.74) is 9.41. The van der Waals surface area contributed by atoms with Crippen molar-refractivity contribution in [1.82, 2.24) is 9.97 Å². The number of aromatic nitrogens is 2. The lowest BCUT2D eigenvalue weighted by molar-refractivity contribution is 0.100. The minimum atomic E-state index is -0.465. The Bertz CT molecular complexity index is 908. The van der Waals surface area contributed by atoms with E-state index in [0.29, 0.717) is 11.4 Å². The minimum absolute atomic E-state index is 0.443. The lowest BCUT2D eigenvalue weighted by Gasteiger charge is -2.13. The van der Waals surface area contributed by atoms with Gasteiger partial charge in [-0.15, -0.1) is 0 Å². The monoisotopic (exact) mass is 333 g/mol. The van der Waals surface area contributed by atoms with Crippen molar-refractivity contribution in [3.05, 3.63) is 66.5 Å². The molecule has 0 aliphatic carbocycles. The van der Waals surface area contributed by atoms with Crippen molar-refractivity contribution in [1.29, 1.82) is 0 Å². The molecule has 1 aromatic heterocycles. The van der Waals surface area contributed by atoms with Gasteiger partial charge in [-0.3, -0.25) is 4.79 Å². The van der Waals surface area contributed by atoms with Crippen LogP contribution in [0.25, 0.3) is 11.3 Å². The summed E-state index contributed by atoms with van der Waals surface area (Å²) in [5.74, 6) is 0.175. The average Bonchev–Trinajstić information content (AvgIpc) is 2.62. The molecule has 0 saturated carbocycles. The number of nitrogens with two attached hydrogens (primary N) is 1. The molecule has 3 rings (SSSR count). The molecule has 6 nitrogen and oxygen atoms in total. The van der Waals surface area contributed by atoms with Crippen LogP contribution in [0.5, 0.6) is 0 Å². The molecule has 25 heavy (non-hydrogen) atoms. The molecular formula is C19H19N5O. The maximum absolute atomic E-state index is 11.3. The van der Waals surface area contributed by atoms with Gasteiger partial charge in [0.2, 0.25) is 5.91 Å². The van der Waals surface area contributed by atoms with E-state index in [1.165, 1.54) is 6.33 Å². The number of carbonyl (C=O) groups excluding carboxylic acids is 1. The van der Waals surface area contributed by atoms with E-state index in [9.17, 15) is 4.79 Å². The summed E-state index contributed by atoms with van der Waals surface area (Å²) in [6.07, 6.45) is 1.51. The van der Waals surface area contributed by atoms with Crippen molar-refractivity contribution in [2.24, 2.45) is 5.73 Å². The second-order valence-electron chi connectivity index (χ2n) is 5.80. The Morgan fingerprint density at radius 3 is 2.60 bits per heavy atom. The molecule has 1 heterocycles. The maximum atomic E-state index is 11.3. The summed E-state index contributed by atoms with van der Waals surface area (Å²) in [4.78, 5) is 21.9. The van der Waals surface area contributed by atoms with Gasteiger partial charge in [0.15, 0.2) is 0 Å². The number of primary amides is 1. The van der Waals surface area contributed by atoms with E-state index >= 15 is 0 Å². The van der Waals surface area contributed by atoms with Crippen molar-refractivity contribution in [2.75, 3.05) is 24.3 Å². The highest BCUT2D eigenvalue weighted by molar-refractivity contribution is 5.93. The quantitative estimate of drug-likeness (QED) is 0.750. The predicted molar refractivity (Wildman–Crippen MR) is 100 cm³/mol. The zero-order valence-electron chi connectivity index (χ0n) is 14.1. The summed E-state index contributed by atoms with van der Waals surface area (Å²) in [6, 6.07) is 17.0. The third-order valence-corrected chi connectivity index (χ3v) is 3.74. The first kappa shape index (κ1) is 16.4. The van der Waals surface area contributed by atoms with Gasteiger partial charge in [-0.25, -0.2) is 9.97 Å². The van der Waals surface area contributed by atoms with Crippen LogP contribution in [0, 0.1) is 0 Å². The van der Waals surface area contributed by atoms with Gasteiger partial charge >= 0.3 is 0 Å². The maximum Gasteiger partial charge on any atom is 0.248 e. The molecule has 0 atom stereocenters. The van der Waals surface area contributed by atoms with Crippen molar-refractivity contribution in [3.63, 3.8) is 0 Å². The molecule has 1 amide bonds. The molecule has 2 aromatic carbocycles. The molecule has 0 radical (unpaired) electrons. The van der Waals surface area contributed by atoms with E-state index in [-0.39, 0.29) is 0 Å². The van der Waals surface area contributed by atoms with Crippen LogP contribution in [-0.2, 0) is 0 Å². The highest BCUT2D eigenvalue weighted by atomic mass is 16.1. The highest BCUT2D eigenvalue weighted by Gasteiger charge is 2.06. The minimum Gasteiger partial charge on any atom is -0.378 e. The van der Waals surface area contributed by atoms with E-state index in [4.69, 9.17) is 5.73 Å². The fraction of sp³-hybridized carbons (Fsp3) is 0.105. The highest BCUT2D eigenvalue weighted by Crippen LogP contribution is 2.24. The standard InChI is InChI=1S/C19H19N5O/c1-24(2)16-8-4-5-13(10-16)17-11-18(22-12-21-17)23-15-7-3-6-14(9-15)19(20)25/h3-12H,1-2H3,(H2,20,25)(H,21,22,23). The first-order valence-electron chi connectivity index (χ1n) is 7.79. The second-order valence-corrected chi connectivity index (χ2v) is 5.80. The van der Waals surface area contributed by atoms with Crippen LogP contribution in [0.2, 0.25) is 0 Å². The largest absolute Gasteiger partial charge is 0.378 e. The van der Waals surface area contributed by atoms with E-state index in [2.05, 4.69) is 21.4 Å². The topological polar surface area (TPSA) is 84.1 Å². The number of carbonyl (C=O) groups is 1. The summed E-state index contributed by atoms with van der Waals surface area (Å²) in [5, 5.41) is 3.18. The number of amides is 1. The molecule has 126 valence electrons. The molecule has 0 aliphatic heterocycles. The van der Waals surface area contributed by atoms with Crippen LogP contribution in [0.3, 0.4) is 0 Å². The fourth-order valence-corrected chi connectivity index (χ4v) is 2.43. The van der Waals surface area contributed by atoms with Gasteiger partial charge in [-0.1, -0.05) is 18.2 Å². The SMILES string of the molecule is CN(C)c1cccc(-c2cc(Nc3cccc(C(N)=O)c3)ncn2)c1. The van der Waals surface area contributed by atoms with Crippen LogP contribution in [0.4, 0.5) is 17.2 Å². The molecule has 3 N–H and O–H groups in total. The van der Waals surface area contributed by atoms with E-state index in [1.807, 2.05) is 49.3 Å². The van der Waals surface area contributed by atoms with E-state index < -0.39 is 5.91 Å². The zero-order chi connectivity index (χ0) is 17.8. The van der Waals surface area contributed by atoms with E-state index in [1.54, 1.807) is 18.2 Å². The summed E-state index contributed by atoms with van der Waals surface area (Å²) in [6.45, 7) is 0. The predicted octanol–water partition coefficient (Wildman–Crippen LogP) is 3.05. The lowest BCUT2D eigenvalue weighted by atomic mass is 10.1. The summed E-state index contributed by atoms with van der Waals surface area (Å²) >= 11 is 0. The smallest absolute Gasteiger partial charge is 0.248 e. The number of nitrogens with one attached hydrogen (secondary N) is 1. The van der Waals surface area contributed by atoms with Crippen molar-refractivity contribution < 1.29 is 4.79 Å². The van der Waals surface area contributed by atoms with Crippen LogP contribution >= 0.6 is 0 Å². The van der Waals surface area contributed by atoms with Crippen LogP contribution in [0.1, 0.15) is 10.4 Å². The molecule has 0 bridgehead atoms. The number of anilines is 3. The van der Waals surface area contributed by atoms with Crippen molar-refractivity contribution in [3.8, 4) is 11.3 Å². The normalized spacial score (nSPS) is 10.3. The number of rotatable bonds is 5. The molecule has 0 spiro atoms. The Morgan fingerprint density at radius 1 is 1.04 bits per heavy atom. The van der Waals surface area contributed by atoms with E-state index in [0.717, 1.165) is 22.6 Å². The first-order valence-corrected chi connectivity index (χ1v) is 7.79. The van der Waals surface area contributed by atoms with Gasteiger partial charge in [0.05, 0.1) is 5.69 Å². The van der Waals surface area contributed by atoms with Gasteiger partial charge < -0.3 is 16.0 Å². The molecular weight excluding hydrogens is 314 g/mol. The van der Waals surface area contributed by atoms with Gasteiger partial charge in [-0.05, 0) is 30.3 Å². The Labute approximate surface area is 146 Å². The van der Waals surface area contributed by atoms with Crippen LogP contribution < -0.4 is 16.0 Å². The zero-order valence-corrected chi connectivity index (χ0v) is 14.1. The Morgan fingerprint density at radius 2 is 1.84 bits per heavy atom. The van der Waals surface area contributed by atoms with Gasteiger partial charge in [0.25, 0.3) is 0 Å². The number of hydrogen-bond donors (Lipinski definition) is 2. The first-order chi connectivity index (χ1) is 12.0. The lowest BCUT2D eigenvalue weighted by Crippen LogP contribution is -2.10. The molecule has 0 aliphatic rings. The van der Waals surface area contributed by atoms with Crippen molar-refractivity contribution in [2.45, 2.75) is 0 Å². The second kappa shape index (κ2) is 7.00.